The molecule has 0 radical (unpaired) electrons. The number of rotatable bonds is 4. The number of nitrogens with one attached hydrogen (secondary N) is 1. The molecular formula is C17H13CrNO7. The van der Waals surface area contributed by atoms with Crippen LogP contribution >= 0.6 is 0 Å². The van der Waals surface area contributed by atoms with E-state index < -0.39 is 0 Å². The van der Waals surface area contributed by atoms with E-state index in [9.17, 15) is 4.79 Å². The van der Waals surface area contributed by atoms with Gasteiger partial charge in [0.15, 0.2) is 0 Å². The molecule has 0 saturated carbocycles. The Hall–Kier alpha value is -2.67. The summed E-state index contributed by atoms with van der Waals surface area (Å²) >= 11 is 2.87. The van der Waals surface area contributed by atoms with Gasteiger partial charge in [0.05, 0.1) is 0 Å². The second-order valence-corrected chi connectivity index (χ2v) is 4.14. The maximum atomic E-state index is 11.3. The van der Waals surface area contributed by atoms with E-state index >= 15 is 0 Å². The molecule has 0 spiro atoms. The third kappa shape index (κ3) is 17.7. The van der Waals surface area contributed by atoms with Crippen molar-refractivity contribution in [1.82, 2.24) is 0 Å². The van der Waals surface area contributed by atoms with Crippen molar-refractivity contribution < 1.29 is 48.6 Å². The van der Waals surface area contributed by atoms with Gasteiger partial charge in [0, 0.05) is 0 Å². The molecule has 0 aliphatic carbocycles. The SMILES string of the molecule is C=Cc1cc(C(=O)OC)ccc1N[C](C)=[Cr].[C-]#[O+].[C-]#[O+].[C-]#[O+].[C-]#[O+].[C-]#[O+]. The standard InChI is InChI=1S/C12H13NO2.5CO.Cr/c1-4-9-8-10(12(14)15-3)6-7-11(9)13-5-2;5*1-2;/h4,6-8,13H,1H2,2-3H3;;;;;;. The van der Waals surface area contributed by atoms with Crippen LogP contribution in [0.25, 0.3) is 6.08 Å². The van der Waals surface area contributed by atoms with Gasteiger partial charge in [-0.05, 0) is 0 Å². The fraction of sp³-hybridized carbons (Fsp3) is 0.118. The third-order valence-corrected chi connectivity index (χ3v) is 2.16. The number of hydrogen-bond acceptors (Lipinski definition) is 3. The summed E-state index contributed by atoms with van der Waals surface area (Å²) in [6.07, 6.45) is 1.69. The Bertz CT molecular complexity index is 608. The number of ether oxygens (including phenoxy) is 1. The Balaban J connectivity index is -0.000000127. The van der Waals surface area contributed by atoms with Crippen LogP contribution in [-0.2, 0) is 43.8 Å². The fourth-order valence-corrected chi connectivity index (χ4v) is 1.45. The van der Waals surface area contributed by atoms with Crippen LogP contribution in [0.2, 0.25) is 0 Å². The Labute approximate surface area is 159 Å². The van der Waals surface area contributed by atoms with Crippen molar-refractivity contribution in [2.45, 2.75) is 6.92 Å². The molecule has 1 aromatic carbocycles. The van der Waals surface area contributed by atoms with E-state index in [2.05, 4.69) is 65.7 Å². The van der Waals surface area contributed by atoms with Gasteiger partial charge in [0.25, 0.3) is 0 Å². The number of hydrogen-bond donors (Lipinski definition) is 1. The zero-order valence-electron chi connectivity index (χ0n) is 13.8. The van der Waals surface area contributed by atoms with Gasteiger partial charge in [-0.2, -0.15) is 0 Å². The van der Waals surface area contributed by atoms with Crippen LogP contribution in [0, 0.1) is 33.3 Å². The number of esters is 1. The molecule has 8 nitrogen and oxygen atoms in total. The zero-order chi connectivity index (χ0) is 22.1. The van der Waals surface area contributed by atoms with Crippen molar-refractivity contribution in [1.29, 1.82) is 0 Å². The van der Waals surface area contributed by atoms with E-state index in [1.807, 2.05) is 13.0 Å². The molecule has 0 atom stereocenters. The van der Waals surface area contributed by atoms with Crippen molar-refractivity contribution in [2.24, 2.45) is 0 Å². The summed E-state index contributed by atoms with van der Waals surface area (Å²) in [5.41, 5.74) is 2.28. The normalized spacial score (nSPS) is 6.15. The molecule has 1 aromatic rings. The Kier molecular flexibility index (Phi) is 40.3. The first kappa shape index (κ1) is 34.6. The van der Waals surface area contributed by atoms with Crippen LogP contribution in [0.1, 0.15) is 22.8 Å². The monoisotopic (exact) mass is 395 g/mol. The second kappa shape index (κ2) is 30.2. The van der Waals surface area contributed by atoms with E-state index in [4.69, 9.17) is 23.3 Å². The van der Waals surface area contributed by atoms with Crippen LogP contribution in [0.15, 0.2) is 24.8 Å². The fourth-order valence-electron chi connectivity index (χ4n) is 1.28. The molecule has 1 N–H and O–H groups in total. The number of methoxy groups -OCH3 is 1. The van der Waals surface area contributed by atoms with E-state index in [0.29, 0.717) is 5.56 Å². The van der Waals surface area contributed by atoms with Crippen LogP contribution in [0.5, 0.6) is 0 Å². The summed E-state index contributed by atoms with van der Waals surface area (Å²) in [5, 5.41) is 3.15. The molecule has 0 heterocycles. The zero-order valence-corrected chi connectivity index (χ0v) is 15.1. The summed E-state index contributed by atoms with van der Waals surface area (Å²) in [6.45, 7) is 28.1. The first-order valence-electron chi connectivity index (χ1n) is 5.73. The van der Waals surface area contributed by atoms with E-state index in [1.54, 1.807) is 18.2 Å². The number of carbonyl (C=O) groups is 1. The summed E-state index contributed by atoms with van der Waals surface area (Å²) in [4.78, 5) is 11.3. The summed E-state index contributed by atoms with van der Waals surface area (Å²) < 4.78 is 43.1. The maximum absolute atomic E-state index is 11.3. The first-order chi connectivity index (χ1) is 12.6. The van der Waals surface area contributed by atoms with Gasteiger partial charge in [-0.1, -0.05) is 0 Å². The van der Waals surface area contributed by atoms with Crippen molar-refractivity contribution in [2.75, 3.05) is 12.4 Å². The van der Waals surface area contributed by atoms with E-state index in [0.717, 1.165) is 15.8 Å². The second-order valence-electron chi connectivity index (χ2n) is 3.18. The third-order valence-electron chi connectivity index (χ3n) is 2.00. The van der Waals surface area contributed by atoms with Gasteiger partial charge >= 0.3 is 159 Å². The van der Waals surface area contributed by atoms with Gasteiger partial charge in [-0.25, -0.2) is 0 Å². The van der Waals surface area contributed by atoms with Gasteiger partial charge in [-0.15, -0.1) is 0 Å². The van der Waals surface area contributed by atoms with Gasteiger partial charge < -0.3 is 0 Å². The molecule has 1 rings (SSSR count). The van der Waals surface area contributed by atoms with Crippen LogP contribution in [0.4, 0.5) is 5.69 Å². The molecule has 0 aliphatic rings. The average molecular weight is 395 g/mol. The predicted molar refractivity (Wildman–Crippen MR) is 81.8 cm³/mol. The topological polar surface area (TPSA) is 138 Å². The van der Waals surface area contributed by atoms with Gasteiger partial charge in [0.2, 0.25) is 0 Å². The summed E-state index contributed by atoms with van der Waals surface area (Å²) in [6, 6.07) is 5.28. The first-order valence-corrected chi connectivity index (χ1v) is 6.36. The summed E-state index contributed by atoms with van der Waals surface area (Å²) in [5.74, 6) is -0.349. The van der Waals surface area contributed by atoms with Gasteiger partial charge in [0.1, 0.15) is 0 Å². The summed E-state index contributed by atoms with van der Waals surface area (Å²) in [7, 11) is 1.36. The molecule has 0 unspecified atom stereocenters. The van der Waals surface area contributed by atoms with E-state index in [-0.39, 0.29) is 5.97 Å². The van der Waals surface area contributed by atoms with Crippen molar-refractivity contribution in [3.8, 4) is 0 Å². The molecule has 0 amide bonds. The molecule has 0 aliphatic heterocycles. The quantitative estimate of drug-likeness (QED) is 0.474. The average Bonchev–Trinajstić information content (AvgIpc) is 2.74. The molecule has 0 bridgehead atoms. The Morgan fingerprint density at radius 2 is 1.50 bits per heavy atom. The molecular weight excluding hydrogens is 382 g/mol. The Morgan fingerprint density at radius 3 is 1.81 bits per heavy atom. The van der Waals surface area contributed by atoms with Crippen molar-refractivity contribution in [3.63, 3.8) is 0 Å². The van der Waals surface area contributed by atoms with Crippen LogP contribution < -0.4 is 5.32 Å². The molecule has 9 heteroatoms. The molecule has 134 valence electrons. The number of carbonyl (C=O) groups excluding carboxylic acids is 1. The number of benzene rings is 1. The molecule has 26 heavy (non-hydrogen) atoms. The van der Waals surface area contributed by atoms with Crippen LogP contribution in [-0.4, -0.2) is 17.6 Å². The molecule has 0 fully saturated rings. The van der Waals surface area contributed by atoms with Gasteiger partial charge in [-0.3, -0.25) is 0 Å². The number of anilines is 1. The van der Waals surface area contributed by atoms with Crippen molar-refractivity contribution in [3.05, 3.63) is 69.2 Å². The minimum absolute atomic E-state index is 0.349. The Morgan fingerprint density at radius 1 is 1.08 bits per heavy atom. The van der Waals surface area contributed by atoms with Crippen LogP contribution in [0.3, 0.4) is 0 Å². The minimum atomic E-state index is -0.349. The van der Waals surface area contributed by atoms with E-state index in [1.165, 1.54) is 7.11 Å². The molecule has 0 aromatic heterocycles. The van der Waals surface area contributed by atoms with Crippen molar-refractivity contribution >= 4 is 22.2 Å². The predicted octanol–water partition coefficient (Wildman–Crippen LogP) is 2.04. The molecule has 0 saturated heterocycles.